The monoisotopic (exact) mass is 227 g/mol. The largest absolute Gasteiger partial charge is 0.338 e. The first kappa shape index (κ1) is 9.77. The van der Waals surface area contributed by atoms with E-state index in [4.69, 9.17) is 0 Å². The third kappa shape index (κ3) is 1.61. The van der Waals surface area contributed by atoms with E-state index in [1.165, 1.54) is 12.1 Å². The number of hydrogen-bond acceptors (Lipinski definition) is 3. The summed E-state index contributed by atoms with van der Waals surface area (Å²) in [6.45, 7) is 0. The van der Waals surface area contributed by atoms with Crippen LogP contribution >= 0.6 is 0 Å². The Morgan fingerprint density at radius 2 is 2.29 bits per heavy atom. The molecular formula is C12H9N3O2. The first-order valence-corrected chi connectivity index (χ1v) is 5.24. The van der Waals surface area contributed by atoms with Crippen LogP contribution in [0.2, 0.25) is 0 Å². The smallest absolute Gasteiger partial charge is 0.271 e. The van der Waals surface area contributed by atoms with Crippen LogP contribution in [0.5, 0.6) is 0 Å². The Kier molecular flexibility index (Phi) is 2.04. The van der Waals surface area contributed by atoms with Crippen molar-refractivity contribution in [3.05, 3.63) is 52.4 Å². The normalized spacial score (nSPS) is 14.2. The molecule has 1 N–H and O–H groups in total. The average molecular weight is 227 g/mol. The topological polar surface area (TPSA) is 71.8 Å². The molecule has 17 heavy (non-hydrogen) atoms. The van der Waals surface area contributed by atoms with Gasteiger partial charge in [-0.15, -0.1) is 0 Å². The fourth-order valence-electron chi connectivity index (χ4n) is 1.89. The van der Waals surface area contributed by atoms with Crippen molar-refractivity contribution in [3.63, 3.8) is 0 Å². The van der Waals surface area contributed by atoms with Crippen LogP contribution in [0, 0.1) is 10.1 Å². The van der Waals surface area contributed by atoms with Gasteiger partial charge in [-0.3, -0.25) is 10.1 Å². The number of hydrogen-bond donors (Lipinski definition) is 1. The lowest BCUT2D eigenvalue weighted by Crippen LogP contribution is -1.86. The van der Waals surface area contributed by atoms with Gasteiger partial charge >= 0.3 is 0 Å². The molecule has 0 atom stereocenters. The van der Waals surface area contributed by atoms with Crippen LogP contribution < -0.4 is 0 Å². The molecule has 0 saturated carbocycles. The summed E-state index contributed by atoms with van der Waals surface area (Å²) in [5, 5.41) is 10.7. The summed E-state index contributed by atoms with van der Waals surface area (Å²) in [4.78, 5) is 17.8. The minimum Gasteiger partial charge on any atom is -0.338 e. The van der Waals surface area contributed by atoms with Gasteiger partial charge in [0.2, 0.25) is 0 Å². The van der Waals surface area contributed by atoms with Gasteiger partial charge in [0.25, 0.3) is 5.69 Å². The molecule has 1 aromatic heterocycles. The first-order valence-electron chi connectivity index (χ1n) is 5.24. The summed E-state index contributed by atoms with van der Waals surface area (Å²) in [6.07, 6.45) is 6.87. The Morgan fingerprint density at radius 1 is 1.41 bits per heavy atom. The van der Waals surface area contributed by atoms with Crippen molar-refractivity contribution < 1.29 is 4.92 Å². The molecule has 0 unspecified atom stereocenters. The van der Waals surface area contributed by atoms with E-state index in [2.05, 4.69) is 9.97 Å². The van der Waals surface area contributed by atoms with Crippen LogP contribution in [-0.2, 0) is 0 Å². The number of aromatic amines is 1. The number of rotatable bonds is 2. The van der Waals surface area contributed by atoms with Crippen molar-refractivity contribution >= 4 is 22.3 Å². The maximum atomic E-state index is 10.7. The lowest BCUT2D eigenvalue weighted by atomic mass is 10.2. The van der Waals surface area contributed by atoms with Crippen LogP contribution in [0.4, 0.5) is 5.69 Å². The highest BCUT2D eigenvalue weighted by atomic mass is 16.6. The maximum Gasteiger partial charge on any atom is 0.271 e. The average Bonchev–Trinajstić information content (AvgIpc) is 2.96. The van der Waals surface area contributed by atoms with Crippen molar-refractivity contribution in [3.8, 4) is 0 Å². The van der Waals surface area contributed by atoms with Gasteiger partial charge in [-0.05, 0) is 18.1 Å². The number of aromatic nitrogens is 2. The molecule has 0 amide bonds. The Balaban J connectivity index is 2.09. The zero-order valence-corrected chi connectivity index (χ0v) is 8.88. The number of allylic oxidation sites excluding steroid dienone is 4. The van der Waals surface area contributed by atoms with Crippen LogP contribution in [0.25, 0.3) is 16.6 Å². The number of H-pyrrole nitrogens is 1. The summed E-state index contributed by atoms with van der Waals surface area (Å²) in [7, 11) is 0. The van der Waals surface area contributed by atoms with Gasteiger partial charge in [0.1, 0.15) is 5.82 Å². The predicted molar refractivity (Wildman–Crippen MR) is 64.5 cm³/mol. The standard InChI is InChI=1S/C12H9N3O2/c16-15(17)9-5-6-10-11(7-9)14-12(13-10)8-3-1-2-4-8/h1-3,5-7H,4H2,(H,13,14). The van der Waals surface area contributed by atoms with Gasteiger partial charge in [-0.1, -0.05) is 18.2 Å². The number of imidazole rings is 1. The fraction of sp³-hybridized carbons (Fsp3) is 0.0833. The lowest BCUT2D eigenvalue weighted by molar-refractivity contribution is -0.384. The molecule has 2 aromatic rings. The van der Waals surface area contributed by atoms with Crippen LogP contribution in [0.15, 0.2) is 36.4 Å². The van der Waals surface area contributed by atoms with E-state index in [-0.39, 0.29) is 5.69 Å². The zero-order chi connectivity index (χ0) is 11.8. The second kappa shape index (κ2) is 3.55. The molecular weight excluding hydrogens is 218 g/mol. The van der Waals surface area contributed by atoms with Crippen molar-refractivity contribution in [2.24, 2.45) is 0 Å². The molecule has 1 aliphatic carbocycles. The third-order valence-corrected chi connectivity index (χ3v) is 2.75. The molecule has 1 aromatic carbocycles. The number of benzene rings is 1. The molecule has 0 aliphatic heterocycles. The van der Waals surface area contributed by atoms with Crippen molar-refractivity contribution in [1.29, 1.82) is 0 Å². The summed E-state index contributed by atoms with van der Waals surface area (Å²) in [6, 6.07) is 4.64. The van der Waals surface area contributed by atoms with E-state index in [0.717, 1.165) is 23.3 Å². The SMILES string of the molecule is O=[N+]([O-])c1ccc2nc(C3=CC=CC3)[nH]c2c1. The summed E-state index contributed by atoms with van der Waals surface area (Å²) < 4.78 is 0. The molecule has 3 rings (SSSR count). The predicted octanol–water partition coefficient (Wildman–Crippen LogP) is 2.81. The fourth-order valence-corrected chi connectivity index (χ4v) is 1.89. The van der Waals surface area contributed by atoms with E-state index >= 15 is 0 Å². The quantitative estimate of drug-likeness (QED) is 0.633. The highest BCUT2D eigenvalue weighted by Crippen LogP contribution is 2.25. The minimum absolute atomic E-state index is 0.0752. The Labute approximate surface area is 96.6 Å². The molecule has 5 nitrogen and oxygen atoms in total. The maximum absolute atomic E-state index is 10.7. The number of fused-ring (bicyclic) bond motifs is 1. The first-order chi connectivity index (χ1) is 8.24. The Hall–Kier alpha value is -2.43. The molecule has 0 saturated heterocycles. The lowest BCUT2D eigenvalue weighted by Gasteiger charge is -1.93. The van der Waals surface area contributed by atoms with Gasteiger partial charge in [0.05, 0.1) is 16.0 Å². The molecule has 84 valence electrons. The van der Waals surface area contributed by atoms with Gasteiger partial charge in [-0.2, -0.15) is 0 Å². The number of nitrogens with one attached hydrogen (secondary N) is 1. The van der Waals surface area contributed by atoms with E-state index in [0.29, 0.717) is 5.52 Å². The van der Waals surface area contributed by atoms with Gasteiger partial charge < -0.3 is 4.98 Å². The molecule has 1 heterocycles. The number of nitro groups is 1. The Morgan fingerprint density at radius 3 is 3.00 bits per heavy atom. The molecule has 0 radical (unpaired) electrons. The van der Waals surface area contributed by atoms with Crippen molar-refractivity contribution in [2.45, 2.75) is 6.42 Å². The van der Waals surface area contributed by atoms with Crippen LogP contribution in [0.3, 0.4) is 0 Å². The van der Waals surface area contributed by atoms with E-state index in [1.807, 2.05) is 18.2 Å². The minimum atomic E-state index is -0.406. The zero-order valence-electron chi connectivity index (χ0n) is 8.88. The second-order valence-corrected chi connectivity index (χ2v) is 3.87. The highest BCUT2D eigenvalue weighted by molar-refractivity contribution is 5.81. The number of nitro benzene ring substituents is 1. The Bertz CT molecular complexity index is 667. The summed E-state index contributed by atoms with van der Waals surface area (Å²) in [5.74, 6) is 0.783. The molecule has 0 fully saturated rings. The van der Waals surface area contributed by atoms with Gasteiger partial charge in [-0.25, -0.2) is 4.98 Å². The molecule has 0 bridgehead atoms. The van der Waals surface area contributed by atoms with Gasteiger partial charge in [0.15, 0.2) is 0 Å². The van der Waals surface area contributed by atoms with Crippen molar-refractivity contribution in [1.82, 2.24) is 9.97 Å². The van der Waals surface area contributed by atoms with Crippen LogP contribution in [0.1, 0.15) is 12.2 Å². The molecule has 1 aliphatic rings. The highest BCUT2D eigenvalue weighted by Gasteiger charge is 2.12. The number of non-ortho nitro benzene ring substituents is 1. The number of nitrogens with zero attached hydrogens (tertiary/aromatic N) is 2. The molecule has 5 heteroatoms. The van der Waals surface area contributed by atoms with Crippen molar-refractivity contribution in [2.75, 3.05) is 0 Å². The summed E-state index contributed by atoms with van der Waals surface area (Å²) in [5.41, 5.74) is 2.62. The van der Waals surface area contributed by atoms with Crippen LogP contribution in [-0.4, -0.2) is 14.9 Å². The second-order valence-electron chi connectivity index (χ2n) is 3.87. The van der Waals surface area contributed by atoms with E-state index in [9.17, 15) is 10.1 Å². The summed E-state index contributed by atoms with van der Waals surface area (Å²) >= 11 is 0. The molecule has 0 spiro atoms. The third-order valence-electron chi connectivity index (χ3n) is 2.75. The van der Waals surface area contributed by atoms with E-state index in [1.54, 1.807) is 6.07 Å². The van der Waals surface area contributed by atoms with E-state index < -0.39 is 4.92 Å². The van der Waals surface area contributed by atoms with Gasteiger partial charge in [0, 0.05) is 12.1 Å².